The minimum Gasteiger partial charge on any atom is -0.340 e. The molecule has 0 aliphatic heterocycles. The van der Waals surface area contributed by atoms with Gasteiger partial charge in [-0.05, 0) is 48.5 Å². The number of hydrogen-bond acceptors (Lipinski definition) is 6. The van der Waals surface area contributed by atoms with E-state index in [9.17, 15) is 12.8 Å². The molecule has 32 heavy (non-hydrogen) atoms. The Balaban J connectivity index is 1.60. The van der Waals surface area contributed by atoms with Gasteiger partial charge < -0.3 is 5.32 Å². The summed E-state index contributed by atoms with van der Waals surface area (Å²) in [7, 11) is -4.16. The quantitative estimate of drug-likeness (QED) is 0.369. The molecule has 11 heteroatoms. The summed E-state index contributed by atoms with van der Waals surface area (Å²) < 4.78 is 42.2. The summed E-state index contributed by atoms with van der Waals surface area (Å²) in [5.41, 5.74) is 1.44. The number of aromatic nitrogens is 3. The fraction of sp³-hybridized carbons (Fsp3) is 0. The predicted molar refractivity (Wildman–Crippen MR) is 122 cm³/mol. The van der Waals surface area contributed by atoms with E-state index in [-0.39, 0.29) is 20.6 Å². The molecule has 2 aromatic carbocycles. The zero-order valence-corrected chi connectivity index (χ0v) is 18.5. The maximum atomic E-state index is 14.7. The van der Waals surface area contributed by atoms with Gasteiger partial charge in [-0.15, -0.1) is 0 Å². The van der Waals surface area contributed by atoms with Crippen LogP contribution in [-0.4, -0.2) is 23.4 Å². The lowest BCUT2D eigenvalue weighted by Gasteiger charge is -2.13. The largest absolute Gasteiger partial charge is 0.340 e. The normalized spacial score (nSPS) is 11.2. The number of anilines is 3. The summed E-state index contributed by atoms with van der Waals surface area (Å²) in [4.78, 5) is 12.1. The van der Waals surface area contributed by atoms with Gasteiger partial charge in [-0.2, -0.15) is 0 Å². The highest BCUT2D eigenvalue weighted by Gasteiger charge is 2.21. The van der Waals surface area contributed by atoms with Gasteiger partial charge in [0.25, 0.3) is 10.0 Å². The Bertz CT molecular complexity index is 1390. The molecule has 0 atom stereocenters. The Hall–Kier alpha value is -3.27. The van der Waals surface area contributed by atoms with Crippen LogP contribution in [-0.2, 0) is 10.0 Å². The Morgan fingerprint density at radius 3 is 2.53 bits per heavy atom. The van der Waals surface area contributed by atoms with E-state index >= 15 is 0 Å². The molecule has 0 saturated carbocycles. The van der Waals surface area contributed by atoms with Crippen molar-refractivity contribution >= 4 is 50.4 Å². The van der Waals surface area contributed by atoms with E-state index < -0.39 is 15.8 Å². The van der Waals surface area contributed by atoms with Crippen LogP contribution >= 0.6 is 23.2 Å². The lowest BCUT2D eigenvalue weighted by molar-refractivity contribution is 0.598. The number of nitrogens with zero attached hydrogens (tertiary/aromatic N) is 3. The van der Waals surface area contributed by atoms with Crippen LogP contribution in [0.2, 0.25) is 10.0 Å². The maximum absolute atomic E-state index is 14.7. The van der Waals surface area contributed by atoms with Gasteiger partial charge in [-0.3, -0.25) is 4.72 Å². The van der Waals surface area contributed by atoms with E-state index in [2.05, 4.69) is 25.0 Å². The van der Waals surface area contributed by atoms with Crippen LogP contribution < -0.4 is 10.0 Å². The fourth-order valence-corrected chi connectivity index (χ4v) is 4.70. The Labute approximate surface area is 193 Å². The second-order valence-corrected chi connectivity index (χ2v) is 8.91. The molecule has 0 radical (unpaired) electrons. The highest BCUT2D eigenvalue weighted by Crippen LogP contribution is 2.32. The molecule has 2 N–H and O–H groups in total. The third-order valence-corrected chi connectivity index (χ3v) is 6.69. The third kappa shape index (κ3) is 4.64. The Morgan fingerprint density at radius 2 is 1.78 bits per heavy atom. The van der Waals surface area contributed by atoms with Crippen LogP contribution in [0.1, 0.15) is 0 Å². The molecule has 0 unspecified atom stereocenters. The van der Waals surface area contributed by atoms with E-state index in [1.54, 1.807) is 24.5 Å². The number of nitrogens with one attached hydrogen (secondary N) is 2. The molecule has 0 amide bonds. The first-order valence-corrected chi connectivity index (χ1v) is 11.3. The number of rotatable bonds is 6. The molecule has 2 aromatic heterocycles. The van der Waals surface area contributed by atoms with Crippen LogP contribution in [0.15, 0.2) is 78.2 Å². The highest BCUT2D eigenvalue weighted by atomic mass is 35.5. The van der Waals surface area contributed by atoms with E-state index in [0.29, 0.717) is 22.8 Å². The summed E-state index contributed by atoms with van der Waals surface area (Å²) in [6.45, 7) is 0. The van der Waals surface area contributed by atoms with Gasteiger partial charge >= 0.3 is 0 Å². The van der Waals surface area contributed by atoms with Crippen molar-refractivity contribution in [3.8, 4) is 11.3 Å². The smallest absolute Gasteiger partial charge is 0.263 e. The van der Waals surface area contributed by atoms with Gasteiger partial charge in [0.2, 0.25) is 0 Å². The second-order valence-electron chi connectivity index (χ2n) is 6.47. The molecule has 4 rings (SSSR count). The highest BCUT2D eigenvalue weighted by molar-refractivity contribution is 7.92. The maximum Gasteiger partial charge on any atom is 0.263 e. The average Bonchev–Trinajstić information content (AvgIpc) is 2.78. The summed E-state index contributed by atoms with van der Waals surface area (Å²) in [6.07, 6.45) is 4.60. The molecule has 0 spiro atoms. The molecule has 162 valence electrons. The molecule has 7 nitrogen and oxygen atoms in total. The molecular weight excluding hydrogens is 476 g/mol. The van der Waals surface area contributed by atoms with Crippen molar-refractivity contribution in [2.75, 3.05) is 10.0 Å². The van der Waals surface area contributed by atoms with Gasteiger partial charge in [-0.25, -0.2) is 27.8 Å². The zero-order valence-electron chi connectivity index (χ0n) is 16.1. The molecule has 0 fully saturated rings. The molecule has 2 heterocycles. The van der Waals surface area contributed by atoms with E-state index in [1.807, 2.05) is 6.07 Å². The average molecular weight is 490 g/mol. The number of halogens is 3. The van der Waals surface area contributed by atoms with E-state index in [1.165, 1.54) is 36.7 Å². The summed E-state index contributed by atoms with van der Waals surface area (Å²) >= 11 is 11.9. The van der Waals surface area contributed by atoms with Crippen LogP contribution in [0, 0.1) is 5.82 Å². The molecule has 0 saturated heterocycles. The number of benzene rings is 2. The third-order valence-electron chi connectivity index (χ3n) is 4.35. The van der Waals surface area contributed by atoms with Crippen molar-refractivity contribution < 1.29 is 12.8 Å². The zero-order chi connectivity index (χ0) is 22.7. The summed E-state index contributed by atoms with van der Waals surface area (Å²) in [5.74, 6) is -0.346. The van der Waals surface area contributed by atoms with Crippen molar-refractivity contribution in [3.05, 3.63) is 89.2 Å². The first kappa shape index (κ1) is 21.9. The van der Waals surface area contributed by atoms with Gasteiger partial charge in [0.05, 0.1) is 21.4 Å². The monoisotopic (exact) mass is 489 g/mol. The fourth-order valence-electron chi connectivity index (χ4n) is 2.87. The lowest BCUT2D eigenvalue weighted by Crippen LogP contribution is -2.14. The minimum absolute atomic E-state index is 0.0735. The van der Waals surface area contributed by atoms with Crippen molar-refractivity contribution in [2.24, 2.45) is 0 Å². The Morgan fingerprint density at radius 1 is 0.938 bits per heavy atom. The standard InChI is InChI=1S/C21H14Cl2FN5O2S/c22-15-4-1-5-19(20(15)23)32(30,31)29-18-7-6-13(11-16(18)24)28-21-14(3-2-9-26-21)17-8-10-25-12-27-17/h1-12,29H,(H,26,28). The van der Waals surface area contributed by atoms with Crippen molar-refractivity contribution in [3.63, 3.8) is 0 Å². The molecule has 0 aliphatic rings. The van der Waals surface area contributed by atoms with Crippen molar-refractivity contribution in [1.82, 2.24) is 15.0 Å². The number of hydrogen-bond donors (Lipinski definition) is 2. The van der Waals surface area contributed by atoms with Crippen LogP contribution in [0.25, 0.3) is 11.3 Å². The van der Waals surface area contributed by atoms with E-state index in [0.717, 1.165) is 6.07 Å². The van der Waals surface area contributed by atoms with Crippen molar-refractivity contribution in [2.45, 2.75) is 4.90 Å². The number of pyridine rings is 1. The molecular formula is C21H14Cl2FN5O2S. The van der Waals surface area contributed by atoms with Crippen LogP contribution in [0.4, 0.5) is 21.6 Å². The summed E-state index contributed by atoms with van der Waals surface area (Å²) in [5, 5.41) is 2.95. The topological polar surface area (TPSA) is 96.9 Å². The van der Waals surface area contributed by atoms with Crippen LogP contribution in [0.5, 0.6) is 0 Å². The van der Waals surface area contributed by atoms with Crippen LogP contribution in [0.3, 0.4) is 0 Å². The first-order valence-electron chi connectivity index (χ1n) is 9.10. The molecule has 0 bridgehead atoms. The minimum atomic E-state index is -4.16. The Kier molecular flexibility index (Phi) is 6.22. The second kappa shape index (κ2) is 9.07. The summed E-state index contributed by atoms with van der Waals surface area (Å²) in [6, 6.07) is 13.4. The number of sulfonamides is 1. The van der Waals surface area contributed by atoms with Crippen molar-refractivity contribution in [1.29, 1.82) is 0 Å². The van der Waals surface area contributed by atoms with Gasteiger partial charge in [0.15, 0.2) is 0 Å². The molecule has 0 aliphatic carbocycles. The van der Waals surface area contributed by atoms with Gasteiger partial charge in [0.1, 0.15) is 22.9 Å². The molecule has 4 aromatic rings. The SMILES string of the molecule is O=S(=O)(Nc1ccc(Nc2ncccc2-c2ccncn2)cc1F)c1cccc(Cl)c1Cl. The predicted octanol–water partition coefficient (Wildman–Crippen LogP) is 5.53. The lowest BCUT2D eigenvalue weighted by atomic mass is 10.1. The first-order chi connectivity index (χ1) is 15.3. The van der Waals surface area contributed by atoms with Gasteiger partial charge in [0, 0.05) is 23.6 Å². The van der Waals surface area contributed by atoms with Gasteiger partial charge in [-0.1, -0.05) is 29.3 Å². The van der Waals surface area contributed by atoms with E-state index in [4.69, 9.17) is 23.2 Å².